The minimum Gasteiger partial charge on any atom is -0.404 e. The molecule has 0 unspecified atom stereocenters. The van der Waals surface area contributed by atoms with Crippen molar-refractivity contribution >= 4 is 39.2 Å². The van der Waals surface area contributed by atoms with Crippen LogP contribution in [-0.2, 0) is 22.5 Å². The number of likely N-dealkylation sites (N-methyl/N-ethyl adjacent to an activating group) is 1. The lowest BCUT2D eigenvalue weighted by atomic mass is 9.99. The van der Waals surface area contributed by atoms with Crippen molar-refractivity contribution in [2.45, 2.75) is 31.2 Å². The highest BCUT2D eigenvalue weighted by Crippen LogP contribution is 2.34. The van der Waals surface area contributed by atoms with Gasteiger partial charge in [-0.3, -0.25) is 4.79 Å². The van der Waals surface area contributed by atoms with E-state index in [1.165, 1.54) is 11.1 Å². The van der Waals surface area contributed by atoms with Crippen LogP contribution in [0.5, 0.6) is 0 Å². The number of likely N-dealkylation sites (tertiary alicyclic amines) is 1. The zero-order chi connectivity index (χ0) is 23.0. The van der Waals surface area contributed by atoms with Crippen molar-refractivity contribution in [3.8, 4) is 0 Å². The van der Waals surface area contributed by atoms with Gasteiger partial charge < -0.3 is 29.9 Å². The van der Waals surface area contributed by atoms with E-state index in [9.17, 15) is 9.59 Å². The average Bonchev–Trinajstić information content (AvgIpc) is 3.42. The SMILES string of the molecule is CN1CCc2cc(NC(=O)[C@H]3C[C@]4(CN3C(=O)Nc3ccc(Br)cc3)OCC[OH+]4)ccc2C1. The second-order valence-corrected chi connectivity index (χ2v) is 9.84. The number of urea groups is 1. The quantitative estimate of drug-likeness (QED) is 0.615. The van der Waals surface area contributed by atoms with E-state index in [4.69, 9.17) is 4.74 Å². The molecular formula is C24H28BrN4O4+. The van der Waals surface area contributed by atoms with Gasteiger partial charge in [-0.2, -0.15) is 0 Å². The number of hydrogen-bond acceptors (Lipinski definition) is 4. The standard InChI is InChI=1S/C24H27BrN4O4/c1-28-9-8-16-12-20(5-2-17(16)14-28)26-22(30)21-13-24(32-10-11-33-24)15-29(21)23(31)27-19-6-3-18(25)4-7-19/h2-7,12,21H,8-11,13-15H2,1H3,(H,26,30)(H,27,31)/p+1/t21-/m1/s1. The van der Waals surface area contributed by atoms with Crippen molar-refractivity contribution in [1.82, 2.24) is 9.80 Å². The summed E-state index contributed by atoms with van der Waals surface area (Å²) in [6, 6.07) is 12.4. The molecule has 2 fully saturated rings. The molecule has 3 aliphatic heterocycles. The largest absolute Gasteiger partial charge is 0.404 e. The smallest absolute Gasteiger partial charge is 0.322 e. The number of anilines is 2. The number of rotatable bonds is 3. The Kier molecular flexibility index (Phi) is 6.13. The lowest BCUT2D eigenvalue weighted by Gasteiger charge is -2.26. The Balaban J connectivity index is 1.33. The minimum atomic E-state index is -0.806. The van der Waals surface area contributed by atoms with Gasteiger partial charge in [0.05, 0.1) is 6.42 Å². The molecule has 2 aromatic rings. The fourth-order valence-electron chi connectivity index (χ4n) is 4.78. The molecule has 3 heterocycles. The van der Waals surface area contributed by atoms with Crippen molar-refractivity contribution in [3.05, 3.63) is 58.1 Å². The maximum Gasteiger partial charge on any atom is 0.322 e. The van der Waals surface area contributed by atoms with E-state index in [0.717, 1.165) is 29.7 Å². The third kappa shape index (κ3) is 4.77. The fourth-order valence-corrected chi connectivity index (χ4v) is 5.04. The number of amides is 3. The first-order chi connectivity index (χ1) is 15.9. The number of benzene rings is 2. The maximum absolute atomic E-state index is 13.3. The molecule has 3 aliphatic rings. The first kappa shape index (κ1) is 22.3. The van der Waals surface area contributed by atoms with Crippen LogP contribution in [0.1, 0.15) is 17.5 Å². The van der Waals surface area contributed by atoms with Crippen LogP contribution in [0, 0.1) is 0 Å². The molecule has 0 aliphatic carbocycles. The molecular weight excluding hydrogens is 488 g/mol. The van der Waals surface area contributed by atoms with Gasteiger partial charge in [-0.1, -0.05) is 22.0 Å². The predicted molar refractivity (Wildman–Crippen MR) is 129 cm³/mol. The van der Waals surface area contributed by atoms with Crippen molar-refractivity contribution in [2.75, 3.05) is 44.0 Å². The third-order valence-corrected chi connectivity index (χ3v) is 7.03. The fraction of sp³-hybridized carbons (Fsp3) is 0.417. The molecule has 8 nitrogen and oxygen atoms in total. The Hall–Kier alpha value is -2.46. The second-order valence-electron chi connectivity index (χ2n) is 8.92. The summed E-state index contributed by atoms with van der Waals surface area (Å²) in [4.78, 5) is 30.3. The summed E-state index contributed by atoms with van der Waals surface area (Å²) in [6.45, 7) is 3.26. The van der Waals surface area contributed by atoms with Crippen LogP contribution in [0.3, 0.4) is 0 Å². The van der Waals surface area contributed by atoms with Crippen molar-refractivity contribution < 1.29 is 19.1 Å². The molecule has 9 heteroatoms. The molecule has 2 saturated heterocycles. The monoisotopic (exact) mass is 515 g/mol. The number of hydrogen-bond donors (Lipinski definition) is 2. The normalized spacial score (nSPS) is 24.7. The van der Waals surface area contributed by atoms with E-state index in [-0.39, 0.29) is 18.5 Å². The maximum atomic E-state index is 13.3. The lowest BCUT2D eigenvalue weighted by molar-refractivity contribution is -0.236. The van der Waals surface area contributed by atoms with Crippen LogP contribution in [0.15, 0.2) is 46.9 Å². The Bertz CT molecular complexity index is 1050. The van der Waals surface area contributed by atoms with E-state index >= 15 is 0 Å². The van der Waals surface area contributed by atoms with Crippen LogP contribution < -0.4 is 10.6 Å². The van der Waals surface area contributed by atoms with Crippen LogP contribution in [0.2, 0.25) is 0 Å². The minimum absolute atomic E-state index is 0.226. The van der Waals surface area contributed by atoms with E-state index < -0.39 is 11.8 Å². The van der Waals surface area contributed by atoms with Gasteiger partial charge in [0.1, 0.15) is 19.2 Å². The van der Waals surface area contributed by atoms with Crippen molar-refractivity contribution in [1.29, 1.82) is 0 Å². The molecule has 0 aromatic heterocycles. The van der Waals surface area contributed by atoms with Crippen molar-refractivity contribution in [3.63, 3.8) is 0 Å². The number of halogens is 1. The molecule has 0 bridgehead atoms. The Morgan fingerprint density at radius 2 is 1.91 bits per heavy atom. The van der Waals surface area contributed by atoms with E-state index in [2.05, 4.69) is 49.3 Å². The zero-order valence-corrected chi connectivity index (χ0v) is 20.1. The summed E-state index contributed by atoms with van der Waals surface area (Å²) in [5, 5.41) is 5.93. The highest BCUT2D eigenvalue weighted by atomic mass is 79.9. The molecule has 0 saturated carbocycles. The zero-order valence-electron chi connectivity index (χ0n) is 18.5. The van der Waals surface area contributed by atoms with Crippen LogP contribution >= 0.6 is 15.9 Å². The summed E-state index contributed by atoms with van der Waals surface area (Å²) in [5.74, 6) is -1.03. The summed E-state index contributed by atoms with van der Waals surface area (Å²) < 4.78 is 11.4. The number of carbonyl (C=O) groups is 2. The molecule has 3 amide bonds. The number of fused-ring (bicyclic) bond motifs is 1. The summed E-state index contributed by atoms with van der Waals surface area (Å²) >= 11 is 3.40. The number of carbonyl (C=O) groups excluding carboxylic acids is 2. The average molecular weight is 516 g/mol. The predicted octanol–water partition coefficient (Wildman–Crippen LogP) is 2.94. The van der Waals surface area contributed by atoms with E-state index in [0.29, 0.717) is 25.3 Å². The first-order valence-corrected chi connectivity index (χ1v) is 12.0. The topological polar surface area (TPSA) is 86.7 Å². The molecule has 0 radical (unpaired) electrons. The van der Waals surface area contributed by atoms with Gasteiger partial charge in [0.25, 0.3) is 5.79 Å². The molecule has 33 heavy (non-hydrogen) atoms. The highest BCUT2D eigenvalue weighted by molar-refractivity contribution is 9.10. The lowest BCUT2D eigenvalue weighted by Crippen LogP contribution is -2.45. The van der Waals surface area contributed by atoms with E-state index in [1.807, 2.05) is 36.4 Å². The molecule has 2 atom stereocenters. The van der Waals surface area contributed by atoms with Gasteiger partial charge in [-0.05, 0) is 61.0 Å². The van der Waals surface area contributed by atoms with Gasteiger partial charge >= 0.3 is 6.03 Å². The molecule has 3 N–H and O–H groups in total. The Morgan fingerprint density at radius 3 is 2.67 bits per heavy atom. The number of ether oxygens (including phenoxy) is 2. The van der Waals surface area contributed by atoms with E-state index in [1.54, 1.807) is 4.90 Å². The first-order valence-electron chi connectivity index (χ1n) is 11.2. The molecule has 5 rings (SSSR count). The van der Waals surface area contributed by atoms with Gasteiger partial charge in [0, 0.05) is 28.9 Å². The number of nitrogens with one attached hydrogen (secondary N) is 2. The van der Waals surface area contributed by atoms with Gasteiger partial charge in [0.15, 0.2) is 6.61 Å². The van der Waals surface area contributed by atoms with Gasteiger partial charge in [-0.25, -0.2) is 4.79 Å². The highest BCUT2D eigenvalue weighted by Gasteiger charge is 2.57. The Labute approximate surface area is 201 Å². The van der Waals surface area contributed by atoms with Crippen molar-refractivity contribution in [2.24, 2.45) is 0 Å². The van der Waals surface area contributed by atoms with Crippen LogP contribution in [0.4, 0.5) is 16.2 Å². The molecule has 1 spiro atoms. The number of aliphatic hydroxyl groups is 2. The summed E-state index contributed by atoms with van der Waals surface area (Å²) in [5.41, 5.74) is 3.96. The van der Waals surface area contributed by atoms with Gasteiger partial charge in [-0.15, -0.1) is 0 Å². The third-order valence-electron chi connectivity index (χ3n) is 6.50. The Morgan fingerprint density at radius 1 is 1.12 bits per heavy atom. The molecule has 2 aromatic carbocycles. The summed E-state index contributed by atoms with van der Waals surface area (Å²) in [6.07, 6.45) is 1.30. The van der Waals surface area contributed by atoms with Gasteiger partial charge in [0.2, 0.25) is 5.91 Å². The molecule has 174 valence electrons. The van der Waals surface area contributed by atoms with Crippen LogP contribution in [0.25, 0.3) is 0 Å². The van der Waals surface area contributed by atoms with Crippen LogP contribution in [-0.4, -0.2) is 71.7 Å². The second kappa shape index (κ2) is 9.06. The summed E-state index contributed by atoms with van der Waals surface area (Å²) in [7, 11) is 2.11. The number of nitrogens with zero attached hydrogens (tertiary/aromatic N) is 2.